The highest BCUT2D eigenvalue weighted by Crippen LogP contribution is 2.36. The SMILES string of the molecule is CCOC(=O)c1cnc2c(ccn2S(=O)(=O)c2ccc(C)cc2)c1N(C)[C@H]1CC[C@H](OS(C)(=O)=O)CC1. The molecule has 1 aromatic carbocycles. The lowest BCUT2D eigenvalue weighted by Gasteiger charge is -2.36. The molecule has 0 saturated heterocycles. The van der Waals surface area contributed by atoms with Crippen LogP contribution in [0.25, 0.3) is 11.0 Å². The number of rotatable bonds is 8. The summed E-state index contributed by atoms with van der Waals surface area (Å²) in [6.07, 6.45) is 5.78. The van der Waals surface area contributed by atoms with Gasteiger partial charge in [-0.1, -0.05) is 17.7 Å². The first-order chi connectivity index (χ1) is 17.4. The number of fused-ring (bicyclic) bond motifs is 1. The molecule has 0 amide bonds. The number of anilines is 1. The van der Waals surface area contributed by atoms with Gasteiger partial charge in [0, 0.05) is 30.9 Å². The summed E-state index contributed by atoms with van der Waals surface area (Å²) in [4.78, 5) is 19.3. The van der Waals surface area contributed by atoms with Crippen LogP contribution in [0.1, 0.15) is 48.5 Å². The second-order valence-corrected chi connectivity index (χ2v) is 12.7. The van der Waals surface area contributed by atoms with Crippen molar-refractivity contribution in [3.05, 3.63) is 53.9 Å². The molecule has 3 aromatic rings. The summed E-state index contributed by atoms with van der Waals surface area (Å²) in [6, 6.07) is 8.17. The molecule has 200 valence electrons. The van der Waals surface area contributed by atoms with Crippen molar-refractivity contribution in [2.45, 2.75) is 56.6 Å². The molecule has 0 radical (unpaired) electrons. The first kappa shape index (κ1) is 27.1. The molecule has 1 fully saturated rings. The third kappa shape index (κ3) is 5.65. The summed E-state index contributed by atoms with van der Waals surface area (Å²) in [7, 11) is -5.64. The normalized spacial score (nSPS) is 18.6. The molecule has 10 nitrogen and oxygen atoms in total. The van der Waals surface area contributed by atoms with Crippen molar-refractivity contribution in [1.82, 2.24) is 8.96 Å². The van der Waals surface area contributed by atoms with Gasteiger partial charge in [-0.05, 0) is 57.7 Å². The average molecular weight is 550 g/mol. The number of carbonyl (C=O) groups excluding carboxylic acids is 1. The zero-order valence-corrected chi connectivity index (χ0v) is 22.9. The zero-order valence-electron chi connectivity index (χ0n) is 21.2. The number of nitrogens with zero attached hydrogens (tertiary/aromatic N) is 3. The molecule has 0 aliphatic heterocycles. The molecule has 4 rings (SSSR count). The number of hydrogen-bond acceptors (Lipinski definition) is 9. The van der Waals surface area contributed by atoms with Crippen molar-refractivity contribution in [2.24, 2.45) is 0 Å². The summed E-state index contributed by atoms with van der Waals surface area (Å²) in [5, 5.41) is 0.498. The van der Waals surface area contributed by atoms with E-state index in [0.717, 1.165) is 15.8 Å². The van der Waals surface area contributed by atoms with E-state index in [1.165, 1.54) is 12.4 Å². The maximum absolute atomic E-state index is 13.4. The summed E-state index contributed by atoms with van der Waals surface area (Å²) in [5.74, 6) is -0.554. The summed E-state index contributed by atoms with van der Waals surface area (Å²) in [6.45, 7) is 3.76. The molecule has 2 aromatic heterocycles. The van der Waals surface area contributed by atoms with Crippen LogP contribution in [0.3, 0.4) is 0 Å². The Bertz CT molecular complexity index is 1510. The lowest BCUT2D eigenvalue weighted by atomic mass is 9.91. The van der Waals surface area contributed by atoms with Gasteiger partial charge in [0.25, 0.3) is 20.1 Å². The van der Waals surface area contributed by atoms with Gasteiger partial charge in [0.15, 0.2) is 5.65 Å². The minimum absolute atomic E-state index is 0.0322. The second kappa shape index (κ2) is 10.4. The molecule has 0 N–H and O–H groups in total. The molecule has 37 heavy (non-hydrogen) atoms. The maximum Gasteiger partial charge on any atom is 0.341 e. The molecule has 0 atom stereocenters. The van der Waals surface area contributed by atoms with Crippen LogP contribution in [0.5, 0.6) is 0 Å². The van der Waals surface area contributed by atoms with Crippen LogP contribution in [-0.2, 0) is 29.1 Å². The molecular formula is C25H31N3O7S2. The molecule has 0 unspecified atom stereocenters. The van der Waals surface area contributed by atoms with Gasteiger partial charge < -0.3 is 9.64 Å². The molecule has 0 spiro atoms. The standard InChI is InChI=1S/C25H31N3O7S2/c1-5-34-25(29)22-16-26-24-21(14-15-28(24)37(32,33)20-12-6-17(2)7-13-20)23(22)27(3)18-8-10-19(11-9-18)35-36(4,30)31/h6-7,12-16,18-19H,5,8-11H2,1-4H3/t18-,19-. The molecule has 1 aliphatic rings. The van der Waals surface area contributed by atoms with E-state index < -0.39 is 26.1 Å². The molecule has 2 heterocycles. The van der Waals surface area contributed by atoms with Crippen molar-refractivity contribution in [3.8, 4) is 0 Å². The highest BCUT2D eigenvalue weighted by atomic mass is 32.2. The van der Waals surface area contributed by atoms with Crippen molar-refractivity contribution >= 4 is 42.8 Å². The number of hydrogen-bond donors (Lipinski definition) is 0. The number of esters is 1. The number of aromatic nitrogens is 2. The van der Waals surface area contributed by atoms with Gasteiger partial charge in [-0.15, -0.1) is 0 Å². The Balaban J connectivity index is 1.75. The first-order valence-electron chi connectivity index (χ1n) is 12.0. The van der Waals surface area contributed by atoms with E-state index in [0.29, 0.717) is 36.8 Å². The molecule has 1 aliphatic carbocycles. The molecule has 0 bridgehead atoms. The third-order valence-electron chi connectivity index (χ3n) is 6.58. The Morgan fingerprint density at radius 1 is 1.08 bits per heavy atom. The average Bonchev–Trinajstić information content (AvgIpc) is 3.28. The lowest BCUT2D eigenvalue weighted by Crippen LogP contribution is -2.38. The lowest BCUT2D eigenvalue weighted by molar-refractivity contribution is 0.0526. The van der Waals surface area contributed by atoms with Gasteiger partial charge in [0.05, 0.1) is 29.5 Å². The minimum Gasteiger partial charge on any atom is -0.462 e. The maximum atomic E-state index is 13.4. The number of ether oxygens (including phenoxy) is 1. The van der Waals surface area contributed by atoms with Gasteiger partial charge in [0.2, 0.25) is 0 Å². The van der Waals surface area contributed by atoms with E-state index in [4.69, 9.17) is 8.92 Å². The second-order valence-electron chi connectivity index (χ2n) is 9.25. The summed E-state index contributed by atoms with van der Waals surface area (Å²) >= 11 is 0. The third-order valence-corrected chi connectivity index (χ3v) is 8.88. The van der Waals surface area contributed by atoms with E-state index in [1.807, 2.05) is 18.9 Å². The smallest absolute Gasteiger partial charge is 0.341 e. The number of pyridine rings is 1. The van der Waals surface area contributed by atoms with Crippen LogP contribution in [0, 0.1) is 6.92 Å². The predicted octanol–water partition coefficient (Wildman–Crippen LogP) is 3.48. The fourth-order valence-electron chi connectivity index (χ4n) is 4.76. The van der Waals surface area contributed by atoms with Gasteiger partial charge in [0.1, 0.15) is 5.56 Å². The predicted molar refractivity (Wildman–Crippen MR) is 140 cm³/mol. The quantitative estimate of drug-likeness (QED) is 0.307. The van der Waals surface area contributed by atoms with Gasteiger partial charge in [-0.3, -0.25) is 4.18 Å². The van der Waals surface area contributed by atoms with Crippen molar-refractivity contribution in [1.29, 1.82) is 0 Å². The molecule has 1 saturated carbocycles. The van der Waals surface area contributed by atoms with Crippen molar-refractivity contribution < 1.29 is 30.6 Å². The van der Waals surface area contributed by atoms with Crippen LogP contribution >= 0.6 is 0 Å². The Morgan fingerprint density at radius 3 is 2.32 bits per heavy atom. The van der Waals surface area contributed by atoms with Crippen LogP contribution in [0.4, 0.5) is 5.69 Å². The first-order valence-corrected chi connectivity index (χ1v) is 15.3. The number of carbonyl (C=O) groups is 1. The van der Waals surface area contributed by atoms with E-state index in [9.17, 15) is 21.6 Å². The van der Waals surface area contributed by atoms with Crippen LogP contribution in [0.2, 0.25) is 0 Å². The van der Waals surface area contributed by atoms with Crippen molar-refractivity contribution in [3.63, 3.8) is 0 Å². The fraction of sp³-hybridized carbons (Fsp3) is 0.440. The summed E-state index contributed by atoms with van der Waals surface area (Å²) < 4.78 is 61.5. The Morgan fingerprint density at radius 2 is 1.73 bits per heavy atom. The topological polar surface area (TPSA) is 125 Å². The monoisotopic (exact) mass is 549 g/mol. The van der Waals surface area contributed by atoms with Gasteiger partial charge in [-0.2, -0.15) is 8.42 Å². The van der Waals surface area contributed by atoms with Crippen LogP contribution < -0.4 is 4.90 Å². The van der Waals surface area contributed by atoms with Crippen molar-refractivity contribution in [2.75, 3.05) is 24.8 Å². The van der Waals surface area contributed by atoms with Gasteiger partial charge >= 0.3 is 5.97 Å². The largest absolute Gasteiger partial charge is 0.462 e. The molecule has 12 heteroatoms. The Kier molecular flexibility index (Phi) is 7.63. The highest BCUT2D eigenvalue weighted by Gasteiger charge is 2.31. The number of aryl methyl sites for hydroxylation is 1. The Labute approximate surface area is 217 Å². The number of benzene rings is 1. The van der Waals surface area contributed by atoms with E-state index in [1.54, 1.807) is 37.3 Å². The van der Waals surface area contributed by atoms with Crippen LogP contribution in [-0.4, -0.2) is 63.8 Å². The zero-order chi connectivity index (χ0) is 27.0. The van der Waals surface area contributed by atoms with E-state index >= 15 is 0 Å². The van der Waals surface area contributed by atoms with Crippen LogP contribution in [0.15, 0.2) is 47.6 Å². The summed E-state index contributed by atoms with van der Waals surface area (Å²) in [5.41, 5.74) is 1.89. The Hall–Kier alpha value is -2.96. The highest BCUT2D eigenvalue weighted by molar-refractivity contribution is 7.90. The molecular weight excluding hydrogens is 518 g/mol. The minimum atomic E-state index is -3.93. The van der Waals surface area contributed by atoms with E-state index in [2.05, 4.69) is 4.98 Å². The van der Waals surface area contributed by atoms with E-state index in [-0.39, 0.29) is 34.9 Å². The fourth-order valence-corrected chi connectivity index (χ4v) is 6.75. The van der Waals surface area contributed by atoms with Gasteiger partial charge in [-0.25, -0.2) is 22.2 Å².